The molecule has 13 heavy (non-hydrogen) atoms. The summed E-state index contributed by atoms with van der Waals surface area (Å²) in [5.41, 5.74) is 0.918. The maximum absolute atomic E-state index is 9.47. The van der Waals surface area contributed by atoms with Crippen molar-refractivity contribution in [2.75, 3.05) is 12.9 Å². The molecule has 0 saturated heterocycles. The standard InChI is InChI=1S/C10H14O2S/c1-13-9-4-5-10(12)8(7-9)3-2-6-11/h4-5,7,11-12H,2-3,6H2,1H3. The third-order valence-corrected chi connectivity index (χ3v) is 2.62. The number of hydrogen-bond acceptors (Lipinski definition) is 3. The molecule has 0 aliphatic rings. The van der Waals surface area contributed by atoms with Crippen LogP contribution < -0.4 is 0 Å². The molecule has 1 aromatic rings. The Morgan fingerprint density at radius 1 is 1.38 bits per heavy atom. The summed E-state index contributed by atoms with van der Waals surface area (Å²) in [6.45, 7) is 0.170. The summed E-state index contributed by atoms with van der Waals surface area (Å²) in [5, 5.41) is 18.1. The van der Waals surface area contributed by atoms with E-state index in [4.69, 9.17) is 5.11 Å². The van der Waals surface area contributed by atoms with Gasteiger partial charge in [0, 0.05) is 11.5 Å². The number of phenolic OH excluding ortho intramolecular Hbond substituents is 1. The maximum atomic E-state index is 9.47. The van der Waals surface area contributed by atoms with Crippen LogP contribution in [0.4, 0.5) is 0 Å². The lowest BCUT2D eigenvalue weighted by Gasteiger charge is -2.05. The zero-order valence-electron chi connectivity index (χ0n) is 7.66. The van der Waals surface area contributed by atoms with Crippen LogP contribution in [0.2, 0.25) is 0 Å². The number of hydrogen-bond donors (Lipinski definition) is 2. The van der Waals surface area contributed by atoms with Gasteiger partial charge in [-0.15, -0.1) is 11.8 Å². The second kappa shape index (κ2) is 5.14. The first-order valence-corrected chi connectivity index (χ1v) is 5.47. The Kier molecular flexibility index (Phi) is 4.12. The van der Waals surface area contributed by atoms with Gasteiger partial charge in [-0.3, -0.25) is 0 Å². The van der Waals surface area contributed by atoms with E-state index in [-0.39, 0.29) is 6.61 Å². The summed E-state index contributed by atoms with van der Waals surface area (Å²) >= 11 is 1.65. The molecule has 72 valence electrons. The van der Waals surface area contributed by atoms with Gasteiger partial charge in [0.15, 0.2) is 0 Å². The lowest BCUT2D eigenvalue weighted by Crippen LogP contribution is -1.90. The van der Waals surface area contributed by atoms with Crippen LogP contribution in [-0.2, 0) is 6.42 Å². The van der Waals surface area contributed by atoms with Gasteiger partial charge in [-0.05, 0) is 42.9 Å². The predicted molar refractivity (Wildman–Crippen MR) is 55.3 cm³/mol. The van der Waals surface area contributed by atoms with E-state index < -0.39 is 0 Å². The van der Waals surface area contributed by atoms with Crippen molar-refractivity contribution in [3.63, 3.8) is 0 Å². The lowest BCUT2D eigenvalue weighted by molar-refractivity contribution is 0.288. The quantitative estimate of drug-likeness (QED) is 0.727. The Bertz CT molecular complexity index is 274. The fourth-order valence-corrected chi connectivity index (χ4v) is 1.62. The molecule has 0 atom stereocenters. The Morgan fingerprint density at radius 2 is 2.15 bits per heavy atom. The van der Waals surface area contributed by atoms with Crippen LogP contribution in [0.3, 0.4) is 0 Å². The highest BCUT2D eigenvalue weighted by Gasteiger charge is 2.01. The van der Waals surface area contributed by atoms with E-state index in [1.807, 2.05) is 18.4 Å². The van der Waals surface area contributed by atoms with Crippen molar-refractivity contribution in [3.8, 4) is 5.75 Å². The van der Waals surface area contributed by atoms with E-state index in [1.54, 1.807) is 17.8 Å². The summed E-state index contributed by atoms with van der Waals surface area (Å²) in [7, 11) is 0. The molecule has 0 amide bonds. The molecule has 0 spiro atoms. The van der Waals surface area contributed by atoms with Crippen LogP contribution in [0.25, 0.3) is 0 Å². The number of phenols is 1. The molecule has 1 rings (SSSR count). The van der Waals surface area contributed by atoms with Crippen molar-refractivity contribution in [3.05, 3.63) is 23.8 Å². The van der Waals surface area contributed by atoms with Gasteiger partial charge in [0.1, 0.15) is 5.75 Å². The van der Waals surface area contributed by atoms with E-state index >= 15 is 0 Å². The summed E-state index contributed by atoms with van der Waals surface area (Å²) in [5.74, 6) is 0.325. The van der Waals surface area contributed by atoms with Crippen LogP contribution in [0.5, 0.6) is 5.75 Å². The molecule has 0 fully saturated rings. The third kappa shape index (κ3) is 2.94. The zero-order chi connectivity index (χ0) is 9.68. The molecule has 0 bridgehead atoms. The van der Waals surface area contributed by atoms with E-state index in [0.717, 1.165) is 16.9 Å². The zero-order valence-corrected chi connectivity index (χ0v) is 8.47. The maximum Gasteiger partial charge on any atom is 0.118 e. The molecule has 3 heteroatoms. The molecule has 0 aliphatic carbocycles. The van der Waals surface area contributed by atoms with E-state index in [0.29, 0.717) is 12.2 Å². The van der Waals surface area contributed by atoms with Crippen molar-refractivity contribution in [2.24, 2.45) is 0 Å². The molecule has 0 aromatic heterocycles. The SMILES string of the molecule is CSc1ccc(O)c(CCCO)c1. The van der Waals surface area contributed by atoms with E-state index in [1.165, 1.54) is 0 Å². The minimum atomic E-state index is 0.170. The van der Waals surface area contributed by atoms with Gasteiger partial charge in [0.2, 0.25) is 0 Å². The minimum absolute atomic E-state index is 0.170. The van der Waals surface area contributed by atoms with Crippen LogP contribution in [-0.4, -0.2) is 23.1 Å². The highest BCUT2D eigenvalue weighted by molar-refractivity contribution is 7.98. The minimum Gasteiger partial charge on any atom is -0.508 e. The topological polar surface area (TPSA) is 40.5 Å². The third-order valence-electron chi connectivity index (χ3n) is 1.89. The van der Waals surface area contributed by atoms with Gasteiger partial charge in [0.05, 0.1) is 0 Å². The van der Waals surface area contributed by atoms with Crippen molar-refractivity contribution in [1.29, 1.82) is 0 Å². The molecule has 1 aromatic carbocycles. The largest absolute Gasteiger partial charge is 0.508 e. The second-order valence-electron chi connectivity index (χ2n) is 2.82. The smallest absolute Gasteiger partial charge is 0.118 e. The number of aromatic hydroxyl groups is 1. The molecule has 2 nitrogen and oxygen atoms in total. The molecule has 0 saturated carbocycles. The highest BCUT2D eigenvalue weighted by Crippen LogP contribution is 2.24. The van der Waals surface area contributed by atoms with Gasteiger partial charge in [-0.2, -0.15) is 0 Å². The first-order valence-electron chi connectivity index (χ1n) is 4.24. The predicted octanol–water partition coefficient (Wildman–Crippen LogP) is 2.04. The monoisotopic (exact) mass is 198 g/mol. The molecule has 0 unspecified atom stereocenters. The number of aliphatic hydroxyl groups excluding tert-OH is 1. The van der Waals surface area contributed by atoms with E-state index in [2.05, 4.69) is 0 Å². The van der Waals surface area contributed by atoms with Crippen LogP contribution in [0.1, 0.15) is 12.0 Å². The van der Waals surface area contributed by atoms with Crippen LogP contribution in [0.15, 0.2) is 23.1 Å². The lowest BCUT2D eigenvalue weighted by atomic mass is 10.1. The van der Waals surface area contributed by atoms with Crippen LogP contribution in [0, 0.1) is 0 Å². The van der Waals surface area contributed by atoms with Gasteiger partial charge < -0.3 is 10.2 Å². The number of rotatable bonds is 4. The Hall–Kier alpha value is -0.670. The molecule has 0 aliphatic heterocycles. The van der Waals surface area contributed by atoms with Gasteiger partial charge in [0.25, 0.3) is 0 Å². The average molecular weight is 198 g/mol. The van der Waals surface area contributed by atoms with Gasteiger partial charge >= 0.3 is 0 Å². The average Bonchev–Trinajstić information content (AvgIpc) is 2.17. The Labute approximate surface area is 82.6 Å². The fraction of sp³-hybridized carbons (Fsp3) is 0.400. The molecule has 0 heterocycles. The van der Waals surface area contributed by atoms with Crippen molar-refractivity contribution in [2.45, 2.75) is 17.7 Å². The summed E-state index contributed by atoms with van der Waals surface area (Å²) in [4.78, 5) is 1.14. The number of aryl methyl sites for hydroxylation is 1. The highest BCUT2D eigenvalue weighted by atomic mass is 32.2. The summed E-state index contributed by atoms with van der Waals surface area (Å²) in [6.07, 6.45) is 3.43. The first kappa shape index (κ1) is 10.4. The first-order chi connectivity index (χ1) is 6.27. The summed E-state index contributed by atoms with van der Waals surface area (Å²) in [6, 6.07) is 5.57. The van der Waals surface area contributed by atoms with Crippen molar-refractivity contribution in [1.82, 2.24) is 0 Å². The Morgan fingerprint density at radius 3 is 2.77 bits per heavy atom. The normalized spacial score (nSPS) is 10.3. The van der Waals surface area contributed by atoms with E-state index in [9.17, 15) is 5.11 Å². The fourth-order valence-electron chi connectivity index (χ4n) is 1.16. The number of aliphatic hydroxyl groups is 1. The number of benzene rings is 1. The van der Waals surface area contributed by atoms with Crippen LogP contribution >= 0.6 is 11.8 Å². The van der Waals surface area contributed by atoms with Crippen molar-refractivity contribution < 1.29 is 10.2 Å². The van der Waals surface area contributed by atoms with Gasteiger partial charge in [-0.25, -0.2) is 0 Å². The molecule has 0 radical (unpaired) electrons. The number of thioether (sulfide) groups is 1. The van der Waals surface area contributed by atoms with Crippen molar-refractivity contribution >= 4 is 11.8 Å². The second-order valence-corrected chi connectivity index (χ2v) is 3.70. The molecular formula is C10H14O2S. The molecular weight excluding hydrogens is 184 g/mol. The summed E-state index contributed by atoms with van der Waals surface area (Å²) < 4.78 is 0. The molecule has 2 N–H and O–H groups in total. The Balaban J connectivity index is 2.78. The van der Waals surface area contributed by atoms with Gasteiger partial charge in [-0.1, -0.05) is 0 Å².